The Bertz CT molecular complexity index is 426. The van der Waals surface area contributed by atoms with Gasteiger partial charge in [0.2, 0.25) is 0 Å². The highest BCUT2D eigenvalue weighted by molar-refractivity contribution is 14.1. The van der Waals surface area contributed by atoms with E-state index in [1.807, 2.05) is 22.6 Å². The van der Waals surface area contributed by atoms with Crippen LogP contribution < -0.4 is 0 Å². The smallest absolute Gasteiger partial charge is 0.340 e. The number of nitriles is 1. The molecule has 0 aliphatic carbocycles. The molecule has 0 N–H and O–H groups in total. The minimum Gasteiger partial charge on any atom is -0.465 e. The molecule has 0 fully saturated rings. The van der Waals surface area contributed by atoms with Crippen LogP contribution in [0.2, 0.25) is 0 Å². The van der Waals surface area contributed by atoms with E-state index < -0.39 is 11.8 Å². The van der Waals surface area contributed by atoms with Gasteiger partial charge in [-0.1, -0.05) is 0 Å². The first kappa shape index (κ1) is 10.9. The Hall–Kier alpha value is -1.16. The maximum Gasteiger partial charge on any atom is 0.340 e. The zero-order valence-electron chi connectivity index (χ0n) is 7.17. The van der Waals surface area contributed by atoms with Gasteiger partial charge in [0.25, 0.3) is 0 Å². The average molecular weight is 305 g/mol. The molecule has 0 heterocycles. The van der Waals surface area contributed by atoms with Gasteiger partial charge < -0.3 is 4.74 Å². The lowest BCUT2D eigenvalue weighted by atomic mass is 10.1. The summed E-state index contributed by atoms with van der Waals surface area (Å²) in [5, 5.41) is 8.63. The van der Waals surface area contributed by atoms with Gasteiger partial charge in [0.15, 0.2) is 5.82 Å². The van der Waals surface area contributed by atoms with Crippen molar-refractivity contribution >= 4 is 28.6 Å². The van der Waals surface area contributed by atoms with E-state index in [1.165, 1.54) is 12.1 Å². The highest BCUT2D eigenvalue weighted by Crippen LogP contribution is 2.19. The summed E-state index contributed by atoms with van der Waals surface area (Å²) in [6.07, 6.45) is 0. The predicted octanol–water partition coefficient (Wildman–Crippen LogP) is 2.09. The van der Waals surface area contributed by atoms with Crippen LogP contribution in [0, 0.1) is 20.7 Å². The van der Waals surface area contributed by atoms with Gasteiger partial charge in [-0.3, -0.25) is 0 Å². The lowest BCUT2D eigenvalue weighted by molar-refractivity contribution is 0.0595. The average Bonchev–Trinajstić information content (AvgIpc) is 2.18. The van der Waals surface area contributed by atoms with Crippen LogP contribution in [-0.2, 0) is 4.74 Å². The van der Waals surface area contributed by atoms with Crippen molar-refractivity contribution in [3.8, 4) is 6.07 Å². The largest absolute Gasteiger partial charge is 0.465 e. The lowest BCUT2D eigenvalue weighted by Crippen LogP contribution is -2.06. The third-order valence-corrected chi connectivity index (χ3v) is 2.51. The molecule has 0 spiro atoms. The number of carbonyl (C=O) groups is 1. The molecular weight excluding hydrogens is 300 g/mol. The van der Waals surface area contributed by atoms with Gasteiger partial charge in [0, 0.05) is 3.57 Å². The van der Waals surface area contributed by atoms with Gasteiger partial charge in [-0.25, -0.2) is 9.18 Å². The number of hydrogen-bond acceptors (Lipinski definition) is 3. The van der Waals surface area contributed by atoms with Crippen LogP contribution in [0.4, 0.5) is 4.39 Å². The van der Waals surface area contributed by atoms with Crippen molar-refractivity contribution in [2.75, 3.05) is 7.11 Å². The molecule has 1 aromatic rings. The van der Waals surface area contributed by atoms with Gasteiger partial charge in [0.1, 0.15) is 11.6 Å². The first-order valence-corrected chi connectivity index (χ1v) is 4.66. The van der Waals surface area contributed by atoms with Crippen LogP contribution in [0.25, 0.3) is 0 Å². The van der Waals surface area contributed by atoms with E-state index in [0.29, 0.717) is 3.57 Å². The predicted molar refractivity (Wildman–Crippen MR) is 55.2 cm³/mol. The number of nitrogens with zero attached hydrogens (tertiary/aromatic N) is 1. The van der Waals surface area contributed by atoms with E-state index in [4.69, 9.17) is 5.26 Å². The summed E-state index contributed by atoms with van der Waals surface area (Å²) in [6, 6.07) is 4.48. The summed E-state index contributed by atoms with van der Waals surface area (Å²) in [6.45, 7) is 0. The summed E-state index contributed by atoms with van der Waals surface area (Å²) in [5.74, 6) is -1.61. The summed E-state index contributed by atoms with van der Waals surface area (Å²) in [5.41, 5.74) is -0.349. The van der Waals surface area contributed by atoms with Gasteiger partial charge in [-0.05, 0) is 34.7 Å². The third-order valence-electron chi connectivity index (χ3n) is 1.61. The molecule has 0 bridgehead atoms. The van der Waals surface area contributed by atoms with E-state index in [2.05, 4.69) is 4.74 Å². The number of halogens is 2. The van der Waals surface area contributed by atoms with Crippen LogP contribution in [0.5, 0.6) is 0 Å². The van der Waals surface area contributed by atoms with E-state index in [9.17, 15) is 9.18 Å². The molecule has 0 aromatic heterocycles. The first-order chi connectivity index (χ1) is 6.61. The Morgan fingerprint density at radius 1 is 1.64 bits per heavy atom. The van der Waals surface area contributed by atoms with Crippen molar-refractivity contribution in [3.05, 3.63) is 32.6 Å². The highest BCUT2D eigenvalue weighted by atomic mass is 127. The normalized spacial score (nSPS) is 9.29. The molecule has 0 saturated carbocycles. The Balaban J connectivity index is 3.37. The number of esters is 1. The van der Waals surface area contributed by atoms with Gasteiger partial charge in [-0.15, -0.1) is 0 Å². The third kappa shape index (κ3) is 1.85. The standard InChI is InChI=1S/C9H5FINO2/c1-14-9(13)5-2-3-7(11)6(4-12)8(5)10/h2-3H,1H3. The molecule has 0 atom stereocenters. The Kier molecular flexibility index (Phi) is 3.41. The molecule has 72 valence electrons. The van der Waals surface area contributed by atoms with Crippen LogP contribution in [0.15, 0.2) is 12.1 Å². The fraction of sp³-hybridized carbons (Fsp3) is 0.111. The second kappa shape index (κ2) is 4.37. The molecule has 0 aliphatic heterocycles. The molecule has 14 heavy (non-hydrogen) atoms. The van der Waals surface area contributed by atoms with Gasteiger partial charge >= 0.3 is 5.97 Å². The number of benzene rings is 1. The van der Waals surface area contributed by atoms with E-state index in [-0.39, 0.29) is 11.1 Å². The summed E-state index contributed by atoms with van der Waals surface area (Å²) in [7, 11) is 1.16. The topological polar surface area (TPSA) is 50.1 Å². The molecule has 0 radical (unpaired) electrons. The molecule has 1 rings (SSSR count). The molecule has 1 aromatic carbocycles. The molecular formula is C9H5FINO2. The van der Waals surface area contributed by atoms with Crippen LogP contribution in [0.1, 0.15) is 15.9 Å². The fourth-order valence-electron chi connectivity index (χ4n) is 0.923. The first-order valence-electron chi connectivity index (χ1n) is 3.58. The van der Waals surface area contributed by atoms with Crippen molar-refractivity contribution in [3.63, 3.8) is 0 Å². The van der Waals surface area contributed by atoms with Crippen LogP contribution in [-0.4, -0.2) is 13.1 Å². The minimum absolute atomic E-state index is 0.131. The Morgan fingerprint density at radius 3 is 2.79 bits per heavy atom. The van der Waals surface area contributed by atoms with Crippen molar-refractivity contribution in [2.24, 2.45) is 0 Å². The maximum absolute atomic E-state index is 13.4. The molecule has 0 amide bonds. The number of ether oxygens (including phenoxy) is 1. The zero-order chi connectivity index (χ0) is 10.7. The lowest BCUT2D eigenvalue weighted by Gasteiger charge is -2.03. The zero-order valence-corrected chi connectivity index (χ0v) is 9.33. The number of carbonyl (C=O) groups excluding carboxylic acids is 1. The Morgan fingerprint density at radius 2 is 2.29 bits per heavy atom. The molecule has 3 nitrogen and oxygen atoms in total. The number of hydrogen-bond donors (Lipinski definition) is 0. The van der Waals surface area contributed by atoms with E-state index >= 15 is 0 Å². The van der Waals surface area contributed by atoms with Crippen molar-refractivity contribution < 1.29 is 13.9 Å². The van der Waals surface area contributed by atoms with Crippen LogP contribution in [0.3, 0.4) is 0 Å². The quantitative estimate of drug-likeness (QED) is 0.590. The van der Waals surface area contributed by atoms with Crippen LogP contribution >= 0.6 is 22.6 Å². The van der Waals surface area contributed by atoms with E-state index in [1.54, 1.807) is 6.07 Å². The number of rotatable bonds is 1. The van der Waals surface area contributed by atoms with Gasteiger partial charge in [0.05, 0.1) is 12.7 Å². The Labute approximate surface area is 93.6 Å². The molecule has 0 saturated heterocycles. The monoisotopic (exact) mass is 305 g/mol. The van der Waals surface area contributed by atoms with E-state index in [0.717, 1.165) is 7.11 Å². The summed E-state index contributed by atoms with van der Waals surface area (Å²) >= 11 is 1.82. The van der Waals surface area contributed by atoms with Gasteiger partial charge in [-0.2, -0.15) is 5.26 Å². The maximum atomic E-state index is 13.4. The van der Waals surface area contributed by atoms with Crippen molar-refractivity contribution in [2.45, 2.75) is 0 Å². The molecule has 5 heteroatoms. The molecule has 0 aliphatic rings. The summed E-state index contributed by atoms with van der Waals surface area (Å²) in [4.78, 5) is 11.0. The van der Waals surface area contributed by atoms with Crippen molar-refractivity contribution in [1.82, 2.24) is 0 Å². The second-order valence-corrected chi connectivity index (χ2v) is 3.55. The second-order valence-electron chi connectivity index (χ2n) is 2.39. The number of methoxy groups -OCH3 is 1. The minimum atomic E-state index is -0.828. The highest BCUT2D eigenvalue weighted by Gasteiger charge is 2.17. The summed E-state index contributed by atoms with van der Waals surface area (Å²) < 4.78 is 18.3. The SMILES string of the molecule is COC(=O)c1ccc(I)c(C#N)c1F. The fourth-order valence-corrected chi connectivity index (χ4v) is 1.46. The van der Waals surface area contributed by atoms with Crippen molar-refractivity contribution in [1.29, 1.82) is 5.26 Å². The molecule has 0 unspecified atom stereocenters.